The molecule has 59 heavy (non-hydrogen) atoms. The predicted octanol–water partition coefficient (Wildman–Crippen LogP) is 16.3. The molecule has 0 atom stereocenters. The van der Waals surface area contributed by atoms with Gasteiger partial charge in [0.1, 0.15) is 11.2 Å². The lowest BCUT2D eigenvalue weighted by Crippen LogP contribution is -2.16. The number of hydrogen-bond donors (Lipinski definition) is 0. The Morgan fingerprint density at radius 1 is 0.441 bits per heavy atom. The zero-order valence-electron chi connectivity index (χ0n) is 34.2. The van der Waals surface area contributed by atoms with Crippen LogP contribution < -0.4 is 4.90 Å². The summed E-state index contributed by atoms with van der Waals surface area (Å²) in [5.74, 6) is 0. The topological polar surface area (TPSA) is 16.4 Å². The lowest BCUT2D eigenvalue weighted by atomic mass is 9.81. The number of rotatable bonds is 5. The van der Waals surface area contributed by atoms with Gasteiger partial charge in [-0.25, -0.2) is 0 Å². The fraction of sp³-hybridized carbons (Fsp3) is 0.123. The zero-order valence-corrected chi connectivity index (χ0v) is 34.2. The van der Waals surface area contributed by atoms with Crippen LogP contribution in [0.4, 0.5) is 17.1 Å². The highest BCUT2D eigenvalue weighted by Crippen LogP contribution is 2.53. The van der Waals surface area contributed by atoms with Gasteiger partial charge in [-0.15, -0.1) is 0 Å². The summed E-state index contributed by atoms with van der Waals surface area (Å²) in [6.07, 6.45) is 0. The molecule has 10 aromatic rings. The van der Waals surface area contributed by atoms with Gasteiger partial charge in [0.05, 0.1) is 11.4 Å². The largest absolute Gasteiger partial charge is 0.456 e. The molecule has 0 amide bonds. The van der Waals surface area contributed by atoms with Crippen LogP contribution in [0.25, 0.3) is 76.9 Å². The van der Waals surface area contributed by atoms with E-state index < -0.39 is 0 Å². The molecule has 0 saturated heterocycles. The molecule has 0 spiro atoms. The Balaban J connectivity index is 1.21. The number of fused-ring (bicyclic) bond motifs is 8. The van der Waals surface area contributed by atoms with Crippen molar-refractivity contribution in [2.24, 2.45) is 0 Å². The molecule has 0 N–H and O–H groups in total. The molecule has 0 bridgehead atoms. The molecular formula is C57H45NO. The molecule has 1 aliphatic carbocycles. The molecule has 0 fully saturated rings. The highest BCUT2D eigenvalue weighted by atomic mass is 16.3. The third kappa shape index (κ3) is 5.62. The molecule has 2 heteroatoms. The van der Waals surface area contributed by atoms with Crippen LogP contribution in [-0.4, -0.2) is 0 Å². The smallest absolute Gasteiger partial charge is 0.137 e. The summed E-state index contributed by atoms with van der Waals surface area (Å²) in [5, 5.41) is 7.05. The lowest BCUT2D eigenvalue weighted by molar-refractivity contribution is 0.590. The minimum Gasteiger partial charge on any atom is -0.456 e. The Morgan fingerprint density at radius 2 is 1.12 bits per heavy atom. The Kier molecular flexibility index (Phi) is 7.81. The van der Waals surface area contributed by atoms with Crippen molar-refractivity contribution in [3.63, 3.8) is 0 Å². The fourth-order valence-electron chi connectivity index (χ4n) is 9.65. The Bertz CT molecular complexity index is 3290. The minimum absolute atomic E-state index is 0.0352. The molecule has 1 aromatic heterocycles. The van der Waals surface area contributed by atoms with Crippen LogP contribution in [0.1, 0.15) is 51.3 Å². The standard InChI is InChI=1S/C57H45NO/c1-56(2,3)41-25-30-51(47(34-41)36-15-7-6-8-16-36)58(42-26-28-46-48-31-38-18-9-10-19-39(38)33-53(48)59-54(46)35-42)52-29-24-37-17-11-12-20-43(37)55(52)40-23-27-45-44-21-13-14-22-49(44)57(4,5)50(45)32-40/h6-35H,1-5H3. The molecule has 9 aromatic carbocycles. The summed E-state index contributed by atoms with van der Waals surface area (Å²) in [6.45, 7) is 11.6. The predicted molar refractivity (Wildman–Crippen MR) is 251 cm³/mol. The van der Waals surface area contributed by atoms with E-state index in [0.717, 1.165) is 39.0 Å². The van der Waals surface area contributed by atoms with Crippen molar-refractivity contribution in [1.29, 1.82) is 0 Å². The lowest BCUT2D eigenvalue weighted by Gasteiger charge is -2.32. The van der Waals surface area contributed by atoms with Gasteiger partial charge in [-0.2, -0.15) is 0 Å². The van der Waals surface area contributed by atoms with E-state index in [9.17, 15) is 0 Å². The van der Waals surface area contributed by atoms with E-state index in [4.69, 9.17) is 4.42 Å². The van der Waals surface area contributed by atoms with E-state index in [-0.39, 0.29) is 10.8 Å². The van der Waals surface area contributed by atoms with Gasteiger partial charge in [-0.1, -0.05) is 162 Å². The van der Waals surface area contributed by atoms with E-state index in [1.54, 1.807) is 0 Å². The summed E-state index contributed by atoms with van der Waals surface area (Å²) >= 11 is 0. The first-order valence-corrected chi connectivity index (χ1v) is 20.8. The third-order valence-electron chi connectivity index (χ3n) is 12.8. The monoisotopic (exact) mass is 759 g/mol. The van der Waals surface area contributed by atoms with Gasteiger partial charge in [-0.05, 0) is 114 Å². The summed E-state index contributed by atoms with van der Waals surface area (Å²) in [4.78, 5) is 2.48. The molecule has 1 aliphatic rings. The van der Waals surface area contributed by atoms with E-state index in [1.807, 2.05) is 0 Å². The second-order valence-corrected chi connectivity index (χ2v) is 17.8. The van der Waals surface area contributed by atoms with Crippen LogP contribution >= 0.6 is 0 Å². The molecule has 2 nitrogen and oxygen atoms in total. The first-order valence-electron chi connectivity index (χ1n) is 20.8. The van der Waals surface area contributed by atoms with Crippen LogP contribution in [0.5, 0.6) is 0 Å². The summed E-state index contributed by atoms with van der Waals surface area (Å²) in [5.41, 5.74) is 16.3. The second-order valence-electron chi connectivity index (χ2n) is 17.8. The van der Waals surface area contributed by atoms with Gasteiger partial charge in [0, 0.05) is 39.1 Å². The molecule has 1 heterocycles. The molecule has 11 rings (SSSR count). The van der Waals surface area contributed by atoms with Crippen molar-refractivity contribution >= 4 is 60.5 Å². The number of benzene rings is 9. The van der Waals surface area contributed by atoms with E-state index in [0.29, 0.717) is 0 Å². The van der Waals surface area contributed by atoms with Gasteiger partial charge in [0.2, 0.25) is 0 Å². The van der Waals surface area contributed by atoms with Crippen LogP contribution in [0, 0.1) is 0 Å². The van der Waals surface area contributed by atoms with Gasteiger partial charge in [0.25, 0.3) is 0 Å². The highest BCUT2D eigenvalue weighted by molar-refractivity contribution is 6.12. The maximum atomic E-state index is 6.76. The quantitative estimate of drug-likeness (QED) is 0.174. The average molecular weight is 760 g/mol. The Hall–Kier alpha value is -6.90. The SMILES string of the molecule is CC(C)(C)c1ccc(N(c2ccc3c(c2)oc2cc4ccccc4cc23)c2ccc3ccccc3c2-c2ccc3c(c2)C(C)(C)c2ccccc2-3)c(-c2ccccc2)c1. The average Bonchev–Trinajstić information content (AvgIpc) is 3.72. The summed E-state index contributed by atoms with van der Waals surface area (Å²) < 4.78 is 6.76. The van der Waals surface area contributed by atoms with E-state index >= 15 is 0 Å². The van der Waals surface area contributed by atoms with Gasteiger partial charge in [-0.3, -0.25) is 0 Å². The summed E-state index contributed by atoms with van der Waals surface area (Å²) in [7, 11) is 0. The second kappa shape index (κ2) is 13.1. The molecule has 0 saturated carbocycles. The van der Waals surface area contributed by atoms with Gasteiger partial charge in [0.15, 0.2) is 0 Å². The number of hydrogen-bond acceptors (Lipinski definition) is 2. The Labute approximate surface area is 346 Å². The number of anilines is 3. The van der Waals surface area contributed by atoms with Crippen LogP contribution in [0.3, 0.4) is 0 Å². The van der Waals surface area contributed by atoms with Crippen molar-refractivity contribution in [2.45, 2.75) is 45.4 Å². The van der Waals surface area contributed by atoms with Crippen molar-refractivity contribution in [3.8, 4) is 33.4 Å². The maximum absolute atomic E-state index is 6.76. The highest BCUT2D eigenvalue weighted by Gasteiger charge is 2.36. The van der Waals surface area contributed by atoms with Crippen LogP contribution in [0.15, 0.2) is 186 Å². The molecular weight excluding hydrogens is 715 g/mol. The van der Waals surface area contributed by atoms with E-state index in [2.05, 4.69) is 222 Å². The van der Waals surface area contributed by atoms with Crippen molar-refractivity contribution in [2.75, 3.05) is 4.90 Å². The molecule has 0 radical (unpaired) electrons. The maximum Gasteiger partial charge on any atom is 0.137 e. The van der Waals surface area contributed by atoms with E-state index in [1.165, 1.54) is 71.6 Å². The number of nitrogens with zero attached hydrogens (tertiary/aromatic N) is 1. The van der Waals surface area contributed by atoms with Crippen LogP contribution in [-0.2, 0) is 10.8 Å². The molecule has 284 valence electrons. The minimum atomic E-state index is -0.132. The third-order valence-corrected chi connectivity index (χ3v) is 12.8. The van der Waals surface area contributed by atoms with Gasteiger partial charge < -0.3 is 9.32 Å². The fourth-order valence-corrected chi connectivity index (χ4v) is 9.65. The summed E-state index contributed by atoms with van der Waals surface area (Å²) in [6, 6.07) is 67.1. The zero-order chi connectivity index (χ0) is 40.0. The molecule has 0 aliphatic heterocycles. The first-order chi connectivity index (χ1) is 28.6. The van der Waals surface area contributed by atoms with Crippen molar-refractivity contribution in [3.05, 3.63) is 199 Å². The Morgan fingerprint density at radius 3 is 1.93 bits per heavy atom. The van der Waals surface area contributed by atoms with Crippen LogP contribution in [0.2, 0.25) is 0 Å². The number of furan rings is 1. The van der Waals surface area contributed by atoms with Crippen molar-refractivity contribution < 1.29 is 4.42 Å². The van der Waals surface area contributed by atoms with Gasteiger partial charge >= 0.3 is 0 Å². The molecule has 0 unspecified atom stereocenters. The first kappa shape index (κ1) is 35.3. The van der Waals surface area contributed by atoms with Crippen molar-refractivity contribution in [1.82, 2.24) is 0 Å². The normalized spacial score (nSPS) is 13.3.